The average molecular weight is 390 g/mol. The van der Waals surface area contributed by atoms with Gasteiger partial charge in [0.1, 0.15) is 11.6 Å². The number of hydrogen-bond donors (Lipinski definition) is 1. The van der Waals surface area contributed by atoms with Crippen LogP contribution in [0.15, 0.2) is 47.3 Å². The van der Waals surface area contributed by atoms with Crippen LogP contribution in [0.3, 0.4) is 0 Å². The minimum Gasteiger partial charge on any atom is -0.497 e. The number of rotatable bonds is 4. The molecule has 3 rings (SSSR count). The molecule has 4 nitrogen and oxygen atoms in total. The summed E-state index contributed by atoms with van der Waals surface area (Å²) in [6.07, 6.45) is 2.70. The number of Topliss-reactive ketones (excluding diaryl/α,β-unsaturated/α-hetero) is 1. The third kappa shape index (κ3) is 3.92. The summed E-state index contributed by atoms with van der Waals surface area (Å²) in [5.74, 6) is -0.143. The summed E-state index contributed by atoms with van der Waals surface area (Å²) < 4.78 is 19.5. The highest BCUT2D eigenvalue weighted by atomic mass is 35.5. The normalized spacial score (nSPS) is 12.4. The van der Waals surface area contributed by atoms with Gasteiger partial charge in [0.25, 0.3) is 5.56 Å². The lowest BCUT2D eigenvalue weighted by Crippen LogP contribution is -2.20. The first-order chi connectivity index (χ1) is 12.5. The molecule has 0 saturated carbocycles. The van der Waals surface area contributed by atoms with Gasteiger partial charge in [-0.15, -0.1) is 11.3 Å². The van der Waals surface area contributed by atoms with E-state index in [2.05, 4.69) is 4.98 Å². The van der Waals surface area contributed by atoms with Gasteiger partial charge < -0.3 is 9.72 Å². The van der Waals surface area contributed by atoms with Crippen molar-refractivity contribution < 1.29 is 13.9 Å². The Morgan fingerprint density at radius 1 is 1.23 bits per heavy atom. The van der Waals surface area contributed by atoms with E-state index < -0.39 is 11.4 Å². The number of aromatic amines is 1. The third-order valence-electron chi connectivity index (χ3n) is 3.59. The van der Waals surface area contributed by atoms with Crippen molar-refractivity contribution in [2.24, 2.45) is 0 Å². The van der Waals surface area contributed by atoms with Crippen LogP contribution >= 0.6 is 22.9 Å². The monoisotopic (exact) mass is 389 g/mol. The summed E-state index contributed by atoms with van der Waals surface area (Å²) in [5, 5.41) is 0.206. The van der Waals surface area contributed by atoms with Crippen LogP contribution in [0.5, 0.6) is 5.75 Å². The van der Waals surface area contributed by atoms with Crippen LogP contribution in [0.2, 0.25) is 5.02 Å². The van der Waals surface area contributed by atoms with E-state index in [1.165, 1.54) is 24.3 Å². The molecular formula is C19H13ClFNO3S. The van der Waals surface area contributed by atoms with Crippen LogP contribution in [0, 0.1) is 5.82 Å². The van der Waals surface area contributed by atoms with Gasteiger partial charge >= 0.3 is 0 Å². The van der Waals surface area contributed by atoms with Crippen molar-refractivity contribution in [3.63, 3.8) is 0 Å². The number of methoxy groups -OCH3 is 1. The van der Waals surface area contributed by atoms with Crippen molar-refractivity contribution in [2.75, 3.05) is 7.11 Å². The molecule has 1 N–H and O–H groups in total. The Morgan fingerprint density at radius 3 is 2.62 bits per heavy atom. The molecule has 0 unspecified atom stereocenters. The Bertz CT molecular complexity index is 1110. The fourth-order valence-electron chi connectivity index (χ4n) is 2.26. The van der Waals surface area contributed by atoms with Gasteiger partial charge in [0.2, 0.25) is 0 Å². The SMILES string of the molecule is COc1ccc(C(=O)/C=c2\[nH]c(=O)/c(=C\c3c(F)cccc3Cl)s2)cc1. The summed E-state index contributed by atoms with van der Waals surface area (Å²) in [6.45, 7) is 0. The molecule has 0 saturated heterocycles. The Kier molecular flexibility index (Phi) is 5.35. The molecule has 3 aromatic rings. The van der Waals surface area contributed by atoms with E-state index in [-0.39, 0.29) is 20.9 Å². The van der Waals surface area contributed by atoms with Gasteiger partial charge in [-0.2, -0.15) is 0 Å². The van der Waals surface area contributed by atoms with Crippen molar-refractivity contribution in [2.45, 2.75) is 0 Å². The van der Waals surface area contributed by atoms with Crippen molar-refractivity contribution in [1.29, 1.82) is 0 Å². The molecule has 132 valence electrons. The number of benzene rings is 2. The zero-order chi connectivity index (χ0) is 18.7. The fourth-order valence-corrected chi connectivity index (χ4v) is 3.35. The number of H-pyrrole nitrogens is 1. The second-order valence-corrected chi connectivity index (χ2v) is 6.79. The van der Waals surface area contributed by atoms with E-state index in [1.807, 2.05) is 0 Å². The zero-order valence-corrected chi connectivity index (χ0v) is 15.2. The van der Waals surface area contributed by atoms with Crippen molar-refractivity contribution >= 4 is 40.9 Å². The van der Waals surface area contributed by atoms with Gasteiger partial charge in [0.05, 0.1) is 21.3 Å². The summed E-state index contributed by atoms with van der Waals surface area (Å²) in [4.78, 5) is 27.0. The topological polar surface area (TPSA) is 59.2 Å². The van der Waals surface area contributed by atoms with E-state index in [9.17, 15) is 14.0 Å². The minimum atomic E-state index is -0.523. The molecule has 0 atom stereocenters. The number of aromatic nitrogens is 1. The molecule has 1 aromatic heterocycles. The van der Waals surface area contributed by atoms with E-state index in [0.717, 1.165) is 11.3 Å². The molecule has 0 aliphatic heterocycles. The fraction of sp³-hybridized carbons (Fsp3) is 0.0526. The maximum atomic E-state index is 13.9. The van der Waals surface area contributed by atoms with Gasteiger partial charge in [-0.1, -0.05) is 17.7 Å². The zero-order valence-electron chi connectivity index (χ0n) is 13.6. The lowest BCUT2D eigenvalue weighted by molar-refractivity contribution is 0.106. The summed E-state index contributed by atoms with van der Waals surface area (Å²) in [7, 11) is 1.54. The summed E-state index contributed by atoms with van der Waals surface area (Å²) in [6, 6.07) is 10.9. The van der Waals surface area contributed by atoms with Gasteiger partial charge in [-0.3, -0.25) is 9.59 Å². The smallest absolute Gasteiger partial charge is 0.266 e. The second-order valence-electron chi connectivity index (χ2n) is 5.30. The summed E-state index contributed by atoms with van der Waals surface area (Å²) in [5.41, 5.74) is 0.181. The largest absolute Gasteiger partial charge is 0.497 e. The van der Waals surface area contributed by atoms with Crippen LogP contribution in [0.1, 0.15) is 15.9 Å². The maximum Gasteiger partial charge on any atom is 0.266 e. The van der Waals surface area contributed by atoms with E-state index in [1.54, 1.807) is 37.4 Å². The average Bonchev–Trinajstić information content (AvgIpc) is 2.97. The third-order valence-corrected chi connectivity index (χ3v) is 4.88. The quantitative estimate of drug-likeness (QED) is 0.698. The van der Waals surface area contributed by atoms with Gasteiger partial charge in [0, 0.05) is 17.2 Å². The molecule has 0 bridgehead atoms. The lowest BCUT2D eigenvalue weighted by atomic mass is 10.1. The number of nitrogens with one attached hydrogen (secondary N) is 1. The molecule has 0 amide bonds. The molecule has 0 spiro atoms. The Morgan fingerprint density at radius 2 is 1.96 bits per heavy atom. The maximum absolute atomic E-state index is 13.9. The highest BCUT2D eigenvalue weighted by Gasteiger charge is 2.06. The predicted molar refractivity (Wildman–Crippen MR) is 101 cm³/mol. The number of ether oxygens (including phenoxy) is 1. The number of carbonyl (C=O) groups excluding carboxylic acids is 1. The van der Waals surface area contributed by atoms with E-state index in [0.29, 0.717) is 16.0 Å². The Balaban J connectivity index is 1.99. The molecule has 0 aliphatic carbocycles. The second kappa shape index (κ2) is 7.68. The molecule has 0 fully saturated rings. The standard InChI is InChI=1S/C19H13ClFNO3S/c1-25-12-7-5-11(6-8-12)16(23)10-18-22-19(24)17(26-18)9-13-14(20)3-2-4-15(13)21/h2-10H,1H3,(H,22,24)/b17-9+,18-10+. The number of halogens is 2. The van der Waals surface area contributed by atoms with Crippen LogP contribution in [-0.4, -0.2) is 17.9 Å². The van der Waals surface area contributed by atoms with Crippen molar-refractivity contribution in [1.82, 2.24) is 4.98 Å². The van der Waals surface area contributed by atoms with E-state index >= 15 is 0 Å². The predicted octanol–water partition coefficient (Wildman–Crippen LogP) is 2.73. The molecule has 26 heavy (non-hydrogen) atoms. The molecule has 7 heteroatoms. The first-order valence-electron chi connectivity index (χ1n) is 7.53. The van der Waals surface area contributed by atoms with Crippen LogP contribution in [-0.2, 0) is 0 Å². The lowest BCUT2D eigenvalue weighted by Gasteiger charge is -1.99. The highest BCUT2D eigenvalue weighted by molar-refractivity contribution is 7.07. The van der Waals surface area contributed by atoms with Gasteiger partial charge in [-0.25, -0.2) is 4.39 Å². The Labute approximate surface area is 156 Å². The minimum absolute atomic E-state index is 0.134. The number of carbonyl (C=O) groups is 1. The van der Waals surface area contributed by atoms with Crippen LogP contribution in [0.4, 0.5) is 4.39 Å². The van der Waals surface area contributed by atoms with Gasteiger partial charge in [-0.05, 0) is 42.5 Å². The number of hydrogen-bond acceptors (Lipinski definition) is 4. The molecule has 0 radical (unpaired) electrons. The van der Waals surface area contributed by atoms with Crippen molar-refractivity contribution in [3.05, 3.63) is 84.0 Å². The number of ketones is 1. The van der Waals surface area contributed by atoms with Crippen LogP contribution in [0.25, 0.3) is 12.2 Å². The molecular weight excluding hydrogens is 377 g/mol. The van der Waals surface area contributed by atoms with Crippen molar-refractivity contribution in [3.8, 4) is 5.75 Å². The summed E-state index contributed by atoms with van der Waals surface area (Å²) >= 11 is 7.03. The highest BCUT2D eigenvalue weighted by Crippen LogP contribution is 2.19. The van der Waals surface area contributed by atoms with E-state index in [4.69, 9.17) is 16.3 Å². The first-order valence-corrected chi connectivity index (χ1v) is 8.72. The van der Waals surface area contributed by atoms with Crippen LogP contribution < -0.4 is 19.5 Å². The molecule has 2 aromatic carbocycles. The first kappa shape index (κ1) is 18.1. The van der Waals surface area contributed by atoms with Gasteiger partial charge in [0.15, 0.2) is 5.78 Å². The number of thiazole rings is 1. The Hall–Kier alpha value is -2.70. The molecule has 0 aliphatic rings. The molecule has 1 heterocycles.